The Labute approximate surface area is 195 Å². The fourth-order valence-corrected chi connectivity index (χ4v) is 5.23. The number of aryl methyl sites for hydroxylation is 1. The van der Waals surface area contributed by atoms with Crippen LogP contribution in [0.25, 0.3) is 0 Å². The normalized spacial score (nSPS) is 21.4. The van der Waals surface area contributed by atoms with Crippen LogP contribution in [0.4, 0.5) is 5.82 Å². The van der Waals surface area contributed by atoms with Gasteiger partial charge < -0.3 is 9.64 Å². The van der Waals surface area contributed by atoms with E-state index in [0.717, 1.165) is 73.8 Å². The number of carbonyl (C=O) groups excluding carboxylic acids is 2. The molecule has 0 bridgehead atoms. The molecule has 0 N–H and O–H groups in total. The zero-order valence-electron chi connectivity index (χ0n) is 19.3. The van der Waals surface area contributed by atoms with Gasteiger partial charge in [-0.1, -0.05) is 30.3 Å². The zero-order valence-corrected chi connectivity index (χ0v) is 19.3. The van der Waals surface area contributed by atoms with Gasteiger partial charge in [0.1, 0.15) is 11.6 Å². The van der Waals surface area contributed by atoms with Crippen molar-refractivity contribution in [2.75, 3.05) is 24.6 Å². The second-order valence-corrected chi connectivity index (χ2v) is 9.43. The number of hydrogen-bond donors (Lipinski definition) is 0. The third-order valence-electron chi connectivity index (χ3n) is 7.18. The van der Waals surface area contributed by atoms with Gasteiger partial charge in [0.2, 0.25) is 11.8 Å². The molecule has 1 atom stereocenters. The van der Waals surface area contributed by atoms with E-state index in [0.29, 0.717) is 25.8 Å². The predicted molar refractivity (Wildman–Crippen MR) is 125 cm³/mol. The van der Waals surface area contributed by atoms with Crippen LogP contribution in [-0.4, -0.2) is 52.5 Å². The van der Waals surface area contributed by atoms with Crippen molar-refractivity contribution in [1.29, 1.82) is 0 Å². The average molecular weight is 449 g/mol. The summed E-state index contributed by atoms with van der Waals surface area (Å²) in [5, 5.41) is 0. The summed E-state index contributed by atoms with van der Waals surface area (Å²) in [5.74, 6) is 2.10. The highest BCUT2D eigenvalue weighted by molar-refractivity contribution is 5.95. The van der Waals surface area contributed by atoms with Crippen LogP contribution >= 0.6 is 0 Å². The summed E-state index contributed by atoms with van der Waals surface area (Å²) in [4.78, 5) is 39.1. The van der Waals surface area contributed by atoms with Crippen molar-refractivity contribution >= 4 is 17.6 Å². The molecule has 2 saturated heterocycles. The zero-order chi connectivity index (χ0) is 22.8. The van der Waals surface area contributed by atoms with Gasteiger partial charge >= 0.3 is 0 Å². The van der Waals surface area contributed by atoms with Crippen molar-refractivity contribution < 1.29 is 14.3 Å². The Kier molecular flexibility index (Phi) is 6.40. The fraction of sp³-hybridized carbons (Fsp3) is 0.538. The number of carbonyl (C=O) groups is 2. The summed E-state index contributed by atoms with van der Waals surface area (Å²) in [6, 6.07) is 10.1. The maximum atomic E-state index is 12.8. The van der Waals surface area contributed by atoms with Crippen LogP contribution in [0.1, 0.15) is 67.1 Å². The standard InChI is InChI=1S/C26H32N4O3/c1-18-22-9-10-23(31)30(17-19-6-3-2-4-7-19)26(22)28-25(27-18)20-11-13-29(14-12-20)24(32)16-21-8-5-15-33-21/h2-4,6-7,20-21H,5,8-17H2,1H3. The number of ether oxygens (including phenoxy) is 1. The molecule has 1 aromatic heterocycles. The quantitative estimate of drug-likeness (QED) is 0.699. The number of fused-ring (bicyclic) bond motifs is 1. The lowest BCUT2D eigenvalue weighted by Crippen LogP contribution is -2.40. The second kappa shape index (κ2) is 9.59. The first-order chi connectivity index (χ1) is 16.1. The number of hydrogen-bond acceptors (Lipinski definition) is 5. The Hall–Kier alpha value is -2.80. The third kappa shape index (κ3) is 4.78. The summed E-state index contributed by atoms with van der Waals surface area (Å²) in [6.07, 6.45) is 5.52. The molecule has 1 unspecified atom stereocenters. The highest BCUT2D eigenvalue weighted by Gasteiger charge is 2.32. The molecular formula is C26H32N4O3. The number of piperidine rings is 1. The van der Waals surface area contributed by atoms with E-state index in [9.17, 15) is 9.59 Å². The number of rotatable bonds is 5. The van der Waals surface area contributed by atoms with Gasteiger partial charge in [0.25, 0.3) is 0 Å². The molecule has 0 radical (unpaired) electrons. The number of nitrogens with zero attached hydrogens (tertiary/aromatic N) is 4. The van der Waals surface area contributed by atoms with Gasteiger partial charge in [0, 0.05) is 43.3 Å². The van der Waals surface area contributed by atoms with E-state index >= 15 is 0 Å². The molecule has 2 amide bonds. The van der Waals surface area contributed by atoms with Crippen molar-refractivity contribution in [2.24, 2.45) is 0 Å². The van der Waals surface area contributed by atoms with E-state index in [4.69, 9.17) is 14.7 Å². The first-order valence-corrected chi connectivity index (χ1v) is 12.2. The minimum Gasteiger partial charge on any atom is -0.378 e. The lowest BCUT2D eigenvalue weighted by molar-refractivity contribution is -0.134. The first kappa shape index (κ1) is 22.0. The van der Waals surface area contributed by atoms with Crippen LogP contribution in [0, 0.1) is 6.92 Å². The number of aromatic nitrogens is 2. The molecule has 7 nitrogen and oxygen atoms in total. The first-order valence-electron chi connectivity index (χ1n) is 12.2. The van der Waals surface area contributed by atoms with E-state index in [1.54, 1.807) is 0 Å². The predicted octanol–water partition coefficient (Wildman–Crippen LogP) is 3.54. The summed E-state index contributed by atoms with van der Waals surface area (Å²) >= 11 is 0. The van der Waals surface area contributed by atoms with Crippen molar-refractivity contribution in [1.82, 2.24) is 14.9 Å². The molecule has 7 heteroatoms. The van der Waals surface area contributed by atoms with Crippen LogP contribution in [0.15, 0.2) is 30.3 Å². The monoisotopic (exact) mass is 448 g/mol. The molecular weight excluding hydrogens is 416 g/mol. The molecule has 0 saturated carbocycles. The largest absolute Gasteiger partial charge is 0.378 e. The molecule has 3 aliphatic rings. The van der Waals surface area contributed by atoms with E-state index in [2.05, 4.69) is 0 Å². The molecule has 4 heterocycles. The lowest BCUT2D eigenvalue weighted by Gasteiger charge is -2.34. The van der Waals surface area contributed by atoms with Gasteiger partial charge in [-0.15, -0.1) is 0 Å². The molecule has 2 fully saturated rings. The molecule has 0 aliphatic carbocycles. The summed E-state index contributed by atoms with van der Waals surface area (Å²) in [6.45, 7) is 4.78. The summed E-state index contributed by atoms with van der Waals surface area (Å²) in [5.41, 5.74) is 3.14. The average Bonchev–Trinajstić information content (AvgIpc) is 3.34. The second-order valence-electron chi connectivity index (χ2n) is 9.43. The van der Waals surface area contributed by atoms with Crippen molar-refractivity contribution in [3.05, 3.63) is 53.0 Å². The van der Waals surface area contributed by atoms with Crippen LogP contribution in [0.2, 0.25) is 0 Å². The van der Waals surface area contributed by atoms with Gasteiger partial charge in [-0.25, -0.2) is 9.97 Å². The maximum absolute atomic E-state index is 12.8. The van der Waals surface area contributed by atoms with Gasteiger partial charge in [-0.05, 0) is 44.6 Å². The van der Waals surface area contributed by atoms with Crippen LogP contribution in [0.5, 0.6) is 0 Å². The molecule has 33 heavy (non-hydrogen) atoms. The summed E-state index contributed by atoms with van der Waals surface area (Å²) < 4.78 is 5.63. The Morgan fingerprint density at radius 1 is 1.09 bits per heavy atom. The van der Waals surface area contributed by atoms with Crippen molar-refractivity contribution in [3.63, 3.8) is 0 Å². The highest BCUT2D eigenvalue weighted by atomic mass is 16.5. The fourth-order valence-electron chi connectivity index (χ4n) is 5.23. The topological polar surface area (TPSA) is 75.6 Å². The Morgan fingerprint density at radius 2 is 1.88 bits per heavy atom. The Balaban J connectivity index is 1.30. The van der Waals surface area contributed by atoms with Gasteiger partial charge in [0.15, 0.2) is 0 Å². The Morgan fingerprint density at radius 3 is 2.61 bits per heavy atom. The molecule has 0 spiro atoms. The SMILES string of the molecule is Cc1nc(C2CCN(C(=O)CC3CCCO3)CC2)nc2c1CCC(=O)N2Cc1ccccc1. The molecule has 2 aromatic rings. The smallest absolute Gasteiger partial charge is 0.228 e. The third-order valence-corrected chi connectivity index (χ3v) is 7.18. The van der Waals surface area contributed by atoms with Gasteiger partial charge in [-0.2, -0.15) is 0 Å². The molecule has 174 valence electrons. The minimum absolute atomic E-state index is 0.0926. The van der Waals surface area contributed by atoms with Gasteiger partial charge in [-0.3, -0.25) is 14.5 Å². The number of amides is 2. The molecule has 1 aromatic carbocycles. The maximum Gasteiger partial charge on any atom is 0.228 e. The Bertz CT molecular complexity index is 1010. The number of likely N-dealkylation sites (tertiary alicyclic amines) is 1. The van der Waals surface area contributed by atoms with Crippen LogP contribution < -0.4 is 4.90 Å². The highest BCUT2D eigenvalue weighted by Crippen LogP contribution is 2.33. The van der Waals surface area contributed by atoms with Crippen LogP contribution in [-0.2, 0) is 27.3 Å². The molecule has 5 rings (SSSR count). The van der Waals surface area contributed by atoms with E-state index in [1.165, 1.54) is 0 Å². The minimum atomic E-state index is 0.0926. The van der Waals surface area contributed by atoms with E-state index in [-0.39, 0.29) is 23.8 Å². The number of benzene rings is 1. The van der Waals surface area contributed by atoms with Crippen molar-refractivity contribution in [3.8, 4) is 0 Å². The van der Waals surface area contributed by atoms with E-state index in [1.807, 2.05) is 47.1 Å². The van der Waals surface area contributed by atoms with Crippen molar-refractivity contribution in [2.45, 2.75) is 70.4 Å². The summed E-state index contributed by atoms with van der Waals surface area (Å²) in [7, 11) is 0. The van der Waals surface area contributed by atoms with E-state index < -0.39 is 0 Å². The molecule has 3 aliphatic heterocycles. The van der Waals surface area contributed by atoms with Gasteiger partial charge in [0.05, 0.1) is 19.1 Å². The lowest BCUT2D eigenvalue weighted by atomic mass is 9.94. The van der Waals surface area contributed by atoms with Crippen LogP contribution in [0.3, 0.4) is 0 Å². The number of anilines is 1.